The van der Waals surface area contributed by atoms with Gasteiger partial charge in [0, 0.05) is 9.29 Å². The van der Waals surface area contributed by atoms with E-state index in [0.29, 0.717) is 6.54 Å². The van der Waals surface area contributed by atoms with E-state index in [1.165, 1.54) is 0 Å². The van der Waals surface area contributed by atoms with Gasteiger partial charge in [0.1, 0.15) is 5.75 Å². The Hall–Kier alpha value is -1.02. The van der Waals surface area contributed by atoms with E-state index in [4.69, 9.17) is 7.48 Å². The van der Waals surface area contributed by atoms with Crippen molar-refractivity contribution in [2.45, 2.75) is 6.54 Å². The molecule has 0 unspecified atom stereocenters. The Bertz CT molecular complexity index is 248. The van der Waals surface area contributed by atoms with Crippen LogP contribution in [-0.4, -0.2) is 14.1 Å². The van der Waals surface area contributed by atoms with Crippen LogP contribution in [0.4, 0.5) is 0 Å². The van der Waals surface area contributed by atoms with Crippen molar-refractivity contribution in [2.24, 2.45) is 0 Å². The molecule has 0 saturated heterocycles. The number of ether oxygens (including phenoxy) is 1. The first-order valence-electron chi connectivity index (χ1n) is 4.58. The highest BCUT2D eigenvalue weighted by Gasteiger charge is 1.90. The smallest absolute Gasteiger partial charge is 0.118 e. The molecule has 11 heavy (non-hydrogen) atoms. The van der Waals surface area contributed by atoms with Crippen molar-refractivity contribution >= 4 is 0 Å². The highest BCUT2D eigenvalue weighted by molar-refractivity contribution is 5.26. The SMILES string of the molecule is [2H]C([2H])NCc1ccc(OC)cc1. The van der Waals surface area contributed by atoms with Gasteiger partial charge in [-0.2, -0.15) is 0 Å². The molecule has 1 aromatic rings. The first kappa shape index (κ1) is 5.61. The van der Waals surface area contributed by atoms with Crippen LogP contribution in [0.25, 0.3) is 0 Å². The number of hydrogen-bond acceptors (Lipinski definition) is 2. The fraction of sp³-hybridized carbons (Fsp3) is 0.333. The summed E-state index contributed by atoms with van der Waals surface area (Å²) in [6.45, 7) is -0.427. The van der Waals surface area contributed by atoms with Gasteiger partial charge in [0.2, 0.25) is 0 Å². The summed E-state index contributed by atoms with van der Waals surface area (Å²) in [5.74, 6) is 0.817. The van der Waals surface area contributed by atoms with Crippen LogP contribution in [0.15, 0.2) is 24.3 Å². The van der Waals surface area contributed by atoms with Crippen LogP contribution in [0.3, 0.4) is 0 Å². The van der Waals surface area contributed by atoms with Crippen LogP contribution >= 0.6 is 0 Å². The van der Waals surface area contributed by atoms with Crippen LogP contribution in [0.1, 0.15) is 8.30 Å². The summed E-state index contributed by atoms with van der Waals surface area (Å²) in [4.78, 5) is 0. The number of nitrogens with one attached hydrogen (secondary N) is 1. The van der Waals surface area contributed by atoms with Crippen molar-refractivity contribution in [1.29, 1.82) is 0 Å². The molecule has 0 spiro atoms. The van der Waals surface area contributed by atoms with Gasteiger partial charge in [-0.15, -0.1) is 0 Å². The maximum atomic E-state index is 6.94. The molecular weight excluding hydrogens is 138 g/mol. The molecule has 0 radical (unpaired) electrons. The Morgan fingerprint density at radius 1 is 1.45 bits per heavy atom. The van der Waals surface area contributed by atoms with E-state index in [1.54, 1.807) is 7.11 Å². The highest BCUT2D eigenvalue weighted by atomic mass is 16.5. The lowest BCUT2D eigenvalue weighted by Crippen LogP contribution is -2.04. The Balaban J connectivity index is 2.49. The van der Waals surface area contributed by atoms with E-state index in [-0.39, 0.29) is 0 Å². The monoisotopic (exact) mass is 153 g/mol. The summed E-state index contributed by atoms with van der Waals surface area (Å²) in [6.07, 6.45) is 0. The maximum absolute atomic E-state index is 6.94. The molecule has 0 aliphatic carbocycles. The topological polar surface area (TPSA) is 21.3 Å². The molecule has 60 valence electrons. The summed E-state index contributed by atoms with van der Waals surface area (Å²) in [7, 11) is 1.62. The standard InChI is InChI=1S/C9H13NO/c1-10-7-8-3-5-9(11-2)6-4-8/h3-6,10H,7H2,1-2H3/i1D2. The Labute approximate surface area is 70.0 Å². The van der Waals surface area contributed by atoms with Gasteiger partial charge in [-0.05, 0) is 24.7 Å². The largest absolute Gasteiger partial charge is 0.497 e. The fourth-order valence-corrected chi connectivity index (χ4v) is 0.861. The molecule has 0 aliphatic heterocycles. The molecule has 1 aromatic carbocycles. The van der Waals surface area contributed by atoms with Gasteiger partial charge in [0.05, 0.1) is 7.11 Å². The average molecular weight is 153 g/mol. The highest BCUT2D eigenvalue weighted by Crippen LogP contribution is 2.10. The first-order valence-corrected chi connectivity index (χ1v) is 3.43. The van der Waals surface area contributed by atoms with Crippen molar-refractivity contribution in [3.05, 3.63) is 29.8 Å². The molecule has 0 fully saturated rings. The van der Waals surface area contributed by atoms with Gasteiger partial charge >= 0.3 is 0 Å². The van der Waals surface area contributed by atoms with E-state index in [9.17, 15) is 0 Å². The van der Waals surface area contributed by atoms with E-state index in [2.05, 4.69) is 5.32 Å². The first-order chi connectivity index (χ1) is 6.22. The van der Waals surface area contributed by atoms with Gasteiger partial charge in [0.25, 0.3) is 0 Å². The van der Waals surface area contributed by atoms with Crippen molar-refractivity contribution in [3.63, 3.8) is 0 Å². The Morgan fingerprint density at radius 2 is 2.18 bits per heavy atom. The predicted molar refractivity (Wildman–Crippen MR) is 45.8 cm³/mol. The average Bonchev–Trinajstić information content (AvgIpc) is 2.15. The third-order valence-electron chi connectivity index (χ3n) is 1.47. The maximum Gasteiger partial charge on any atom is 0.118 e. The molecular formula is C9H13NO. The van der Waals surface area contributed by atoms with E-state index in [0.717, 1.165) is 11.3 Å². The third kappa shape index (κ3) is 2.24. The predicted octanol–water partition coefficient (Wildman–Crippen LogP) is 1.41. The Kier molecular flexibility index (Phi) is 2.03. The zero-order chi connectivity index (χ0) is 9.68. The summed E-state index contributed by atoms with van der Waals surface area (Å²) in [6, 6.07) is 7.54. The van der Waals surface area contributed by atoms with Crippen LogP contribution in [0.2, 0.25) is 0 Å². The zero-order valence-electron chi connectivity index (χ0n) is 8.50. The summed E-state index contributed by atoms with van der Waals surface area (Å²) in [5, 5.41) is 2.69. The van der Waals surface area contributed by atoms with Gasteiger partial charge in [0.15, 0.2) is 0 Å². The fourth-order valence-electron chi connectivity index (χ4n) is 0.861. The molecule has 2 nitrogen and oxygen atoms in total. The molecule has 0 saturated carbocycles. The molecule has 1 rings (SSSR count). The van der Waals surface area contributed by atoms with E-state index >= 15 is 0 Å². The number of hydrogen-bond donors (Lipinski definition) is 1. The lowest BCUT2D eigenvalue weighted by atomic mass is 10.2. The minimum atomic E-state index is -0.970. The number of rotatable bonds is 3. The zero-order valence-corrected chi connectivity index (χ0v) is 6.50. The molecule has 0 bridgehead atoms. The molecule has 0 aliphatic rings. The summed E-state index contributed by atoms with van der Waals surface area (Å²) in [5.41, 5.74) is 1.05. The molecule has 0 atom stereocenters. The van der Waals surface area contributed by atoms with Gasteiger partial charge in [-0.25, -0.2) is 0 Å². The van der Waals surface area contributed by atoms with Crippen molar-refractivity contribution in [1.82, 2.24) is 5.32 Å². The normalized spacial score (nSPS) is 12.5. The Morgan fingerprint density at radius 3 is 2.73 bits per heavy atom. The minimum absolute atomic E-state index is 0.543. The van der Waals surface area contributed by atoms with Crippen LogP contribution in [0.5, 0.6) is 5.75 Å². The van der Waals surface area contributed by atoms with Crippen molar-refractivity contribution in [3.8, 4) is 5.75 Å². The minimum Gasteiger partial charge on any atom is -0.497 e. The van der Waals surface area contributed by atoms with Crippen LogP contribution in [0, 0.1) is 0 Å². The molecule has 0 heterocycles. The quantitative estimate of drug-likeness (QED) is 0.709. The van der Waals surface area contributed by atoms with Crippen LogP contribution in [-0.2, 0) is 6.54 Å². The van der Waals surface area contributed by atoms with Gasteiger partial charge in [-0.3, -0.25) is 0 Å². The van der Waals surface area contributed by atoms with Gasteiger partial charge < -0.3 is 10.1 Å². The second-order valence-corrected chi connectivity index (χ2v) is 2.23. The van der Waals surface area contributed by atoms with Crippen LogP contribution < -0.4 is 10.1 Å². The third-order valence-corrected chi connectivity index (χ3v) is 1.47. The summed E-state index contributed by atoms with van der Waals surface area (Å²) < 4.78 is 18.9. The van der Waals surface area contributed by atoms with Crippen molar-refractivity contribution < 1.29 is 7.48 Å². The van der Waals surface area contributed by atoms with Gasteiger partial charge in [-0.1, -0.05) is 12.1 Å². The molecule has 2 heteroatoms. The second kappa shape index (κ2) is 3.98. The molecule has 1 N–H and O–H groups in total. The van der Waals surface area contributed by atoms with E-state index in [1.807, 2.05) is 24.3 Å². The van der Waals surface area contributed by atoms with Crippen molar-refractivity contribution in [2.75, 3.05) is 14.1 Å². The van der Waals surface area contributed by atoms with E-state index < -0.39 is 7.00 Å². The second-order valence-electron chi connectivity index (χ2n) is 2.23. The molecule has 0 aromatic heterocycles. The summed E-state index contributed by atoms with van der Waals surface area (Å²) >= 11 is 0. The lowest BCUT2D eigenvalue weighted by molar-refractivity contribution is 0.414. The lowest BCUT2D eigenvalue weighted by Gasteiger charge is -2.01. The number of benzene rings is 1. The molecule has 0 amide bonds. The number of methoxy groups -OCH3 is 1.